The van der Waals surface area contributed by atoms with Crippen molar-refractivity contribution in [1.82, 2.24) is 10.3 Å². The van der Waals surface area contributed by atoms with Crippen LogP contribution in [0.25, 0.3) is 17.3 Å². The highest BCUT2D eigenvalue weighted by Crippen LogP contribution is 2.34. The molecule has 3 aromatic rings. The number of aryl methyl sites for hydroxylation is 1. The first-order valence-electron chi connectivity index (χ1n) is 9.39. The second-order valence-corrected chi connectivity index (χ2v) is 6.22. The van der Waals surface area contributed by atoms with Crippen molar-refractivity contribution < 1.29 is 18.9 Å². The number of nitrogens with zero attached hydrogens (tertiary/aromatic N) is 2. The van der Waals surface area contributed by atoms with Crippen LogP contribution < -0.4 is 14.8 Å². The fourth-order valence-electron chi connectivity index (χ4n) is 2.67. The van der Waals surface area contributed by atoms with Gasteiger partial charge >= 0.3 is 0 Å². The standard InChI is InChI=1S/C22H23N3O4/c1-4-27-18-12-11-17(14-19(18)28-5-2)21-22(25-29-24-21)23-20(26)13-10-16-8-6-15(3)7-9-16/h6-14H,4-5H2,1-3H3,(H,23,25,26)/b13-10+. The Hall–Kier alpha value is -3.61. The van der Waals surface area contributed by atoms with Crippen molar-refractivity contribution in [3.63, 3.8) is 0 Å². The summed E-state index contributed by atoms with van der Waals surface area (Å²) in [4.78, 5) is 12.3. The van der Waals surface area contributed by atoms with E-state index in [4.69, 9.17) is 14.1 Å². The summed E-state index contributed by atoms with van der Waals surface area (Å²) in [6, 6.07) is 13.2. The van der Waals surface area contributed by atoms with Crippen LogP contribution in [0.2, 0.25) is 0 Å². The van der Waals surface area contributed by atoms with Crippen LogP contribution in [0.5, 0.6) is 11.5 Å². The fraction of sp³-hybridized carbons (Fsp3) is 0.227. The van der Waals surface area contributed by atoms with Gasteiger partial charge in [0.2, 0.25) is 11.7 Å². The van der Waals surface area contributed by atoms with Gasteiger partial charge in [-0.15, -0.1) is 0 Å². The molecule has 0 unspecified atom stereocenters. The number of hydrogen-bond acceptors (Lipinski definition) is 6. The van der Waals surface area contributed by atoms with Gasteiger partial charge in [-0.2, -0.15) is 0 Å². The number of nitrogens with one attached hydrogen (secondary N) is 1. The number of hydrogen-bond donors (Lipinski definition) is 1. The molecule has 0 aliphatic rings. The van der Waals surface area contributed by atoms with E-state index in [2.05, 4.69) is 15.6 Å². The molecule has 0 spiro atoms. The number of aromatic nitrogens is 2. The highest BCUT2D eigenvalue weighted by atomic mass is 16.6. The molecule has 1 N–H and O–H groups in total. The first-order chi connectivity index (χ1) is 14.1. The zero-order valence-corrected chi connectivity index (χ0v) is 16.6. The lowest BCUT2D eigenvalue weighted by Crippen LogP contribution is -2.09. The molecule has 0 radical (unpaired) electrons. The molecule has 0 saturated carbocycles. The minimum atomic E-state index is -0.335. The molecule has 0 fully saturated rings. The summed E-state index contributed by atoms with van der Waals surface area (Å²) >= 11 is 0. The average molecular weight is 393 g/mol. The summed E-state index contributed by atoms with van der Waals surface area (Å²) < 4.78 is 16.1. The van der Waals surface area contributed by atoms with Crippen molar-refractivity contribution in [1.29, 1.82) is 0 Å². The molecule has 7 heteroatoms. The van der Waals surface area contributed by atoms with Gasteiger partial charge in [-0.05, 0) is 60.9 Å². The molecular formula is C22H23N3O4. The minimum Gasteiger partial charge on any atom is -0.490 e. The second-order valence-electron chi connectivity index (χ2n) is 6.22. The highest BCUT2D eigenvalue weighted by molar-refractivity contribution is 6.03. The SMILES string of the molecule is CCOc1ccc(-c2nonc2NC(=O)/C=C/c2ccc(C)cc2)cc1OCC. The first kappa shape index (κ1) is 20.1. The number of anilines is 1. The van der Waals surface area contributed by atoms with Gasteiger partial charge in [0.1, 0.15) is 0 Å². The Kier molecular flexibility index (Phi) is 6.63. The lowest BCUT2D eigenvalue weighted by molar-refractivity contribution is -0.111. The normalized spacial score (nSPS) is 10.9. The van der Waals surface area contributed by atoms with Crippen molar-refractivity contribution in [3.05, 3.63) is 59.7 Å². The van der Waals surface area contributed by atoms with Crippen LogP contribution in [-0.2, 0) is 4.79 Å². The van der Waals surface area contributed by atoms with E-state index in [1.807, 2.05) is 51.1 Å². The summed E-state index contributed by atoms with van der Waals surface area (Å²) in [6.45, 7) is 6.83. The molecule has 2 aromatic carbocycles. The molecule has 0 aliphatic carbocycles. The number of carbonyl (C=O) groups excluding carboxylic acids is 1. The van der Waals surface area contributed by atoms with Gasteiger partial charge in [0.05, 0.1) is 13.2 Å². The maximum Gasteiger partial charge on any atom is 0.249 e. The van der Waals surface area contributed by atoms with Crippen LogP contribution in [0, 0.1) is 6.92 Å². The van der Waals surface area contributed by atoms with E-state index in [-0.39, 0.29) is 11.7 Å². The van der Waals surface area contributed by atoms with Gasteiger partial charge in [-0.1, -0.05) is 29.8 Å². The van der Waals surface area contributed by atoms with Crippen LogP contribution >= 0.6 is 0 Å². The van der Waals surface area contributed by atoms with Gasteiger partial charge in [-0.25, -0.2) is 4.63 Å². The maximum atomic E-state index is 12.3. The Bertz CT molecular complexity index is 994. The van der Waals surface area contributed by atoms with E-state index in [1.54, 1.807) is 18.2 Å². The lowest BCUT2D eigenvalue weighted by Gasteiger charge is -2.11. The Balaban J connectivity index is 1.77. The average Bonchev–Trinajstić information content (AvgIpc) is 3.17. The van der Waals surface area contributed by atoms with E-state index >= 15 is 0 Å². The molecule has 7 nitrogen and oxygen atoms in total. The van der Waals surface area contributed by atoms with E-state index < -0.39 is 0 Å². The molecule has 150 valence electrons. The van der Waals surface area contributed by atoms with Crippen LogP contribution in [0.4, 0.5) is 5.82 Å². The second kappa shape index (κ2) is 9.54. The zero-order chi connectivity index (χ0) is 20.6. The monoisotopic (exact) mass is 393 g/mol. The summed E-state index contributed by atoms with van der Waals surface area (Å²) in [5.74, 6) is 1.13. The maximum absolute atomic E-state index is 12.3. The molecule has 0 aliphatic heterocycles. The van der Waals surface area contributed by atoms with Crippen molar-refractivity contribution >= 4 is 17.8 Å². The molecule has 0 bridgehead atoms. The van der Waals surface area contributed by atoms with Crippen molar-refractivity contribution in [2.45, 2.75) is 20.8 Å². The predicted octanol–water partition coefficient (Wildman–Crippen LogP) is 4.49. The summed E-state index contributed by atoms with van der Waals surface area (Å²) in [5, 5.41) is 10.4. The van der Waals surface area contributed by atoms with Gasteiger partial charge in [-0.3, -0.25) is 4.79 Å². The first-order valence-corrected chi connectivity index (χ1v) is 9.39. The minimum absolute atomic E-state index is 0.232. The third-order valence-corrected chi connectivity index (χ3v) is 4.05. The largest absolute Gasteiger partial charge is 0.490 e. The summed E-state index contributed by atoms with van der Waals surface area (Å²) in [7, 11) is 0. The molecule has 1 heterocycles. The summed E-state index contributed by atoms with van der Waals surface area (Å²) in [6.07, 6.45) is 3.17. The number of amides is 1. The summed E-state index contributed by atoms with van der Waals surface area (Å²) in [5.41, 5.74) is 3.19. The number of ether oxygens (including phenoxy) is 2. The van der Waals surface area contributed by atoms with Crippen LogP contribution in [-0.4, -0.2) is 29.4 Å². The fourth-order valence-corrected chi connectivity index (χ4v) is 2.67. The highest BCUT2D eigenvalue weighted by Gasteiger charge is 2.16. The van der Waals surface area contributed by atoms with Crippen LogP contribution in [0.1, 0.15) is 25.0 Å². The third-order valence-electron chi connectivity index (χ3n) is 4.05. The molecule has 0 atom stereocenters. The lowest BCUT2D eigenvalue weighted by atomic mass is 10.1. The Morgan fingerprint density at radius 1 is 1.03 bits per heavy atom. The van der Waals surface area contributed by atoms with Gasteiger partial charge < -0.3 is 14.8 Å². The van der Waals surface area contributed by atoms with E-state index in [0.717, 1.165) is 11.1 Å². The number of carbonyl (C=O) groups is 1. The Labute approximate surface area is 169 Å². The Morgan fingerprint density at radius 2 is 1.76 bits per heavy atom. The zero-order valence-electron chi connectivity index (χ0n) is 16.6. The molecule has 29 heavy (non-hydrogen) atoms. The van der Waals surface area contributed by atoms with Crippen molar-refractivity contribution in [2.75, 3.05) is 18.5 Å². The molecular weight excluding hydrogens is 370 g/mol. The molecule has 3 rings (SSSR count). The van der Waals surface area contributed by atoms with Crippen molar-refractivity contribution in [2.24, 2.45) is 0 Å². The van der Waals surface area contributed by atoms with E-state index in [9.17, 15) is 4.79 Å². The molecule has 1 aromatic heterocycles. The third kappa shape index (κ3) is 5.22. The topological polar surface area (TPSA) is 86.5 Å². The number of benzene rings is 2. The van der Waals surface area contributed by atoms with Crippen LogP contribution in [0.3, 0.4) is 0 Å². The van der Waals surface area contributed by atoms with Gasteiger partial charge in [0, 0.05) is 11.6 Å². The predicted molar refractivity (Wildman–Crippen MR) is 111 cm³/mol. The van der Waals surface area contributed by atoms with E-state index in [0.29, 0.717) is 36.0 Å². The van der Waals surface area contributed by atoms with E-state index in [1.165, 1.54) is 6.08 Å². The quantitative estimate of drug-likeness (QED) is 0.567. The Morgan fingerprint density at radius 3 is 2.48 bits per heavy atom. The molecule has 0 saturated heterocycles. The van der Waals surface area contributed by atoms with Crippen molar-refractivity contribution in [3.8, 4) is 22.8 Å². The molecule has 1 amide bonds. The number of rotatable bonds is 8. The van der Waals surface area contributed by atoms with Gasteiger partial charge in [0.25, 0.3) is 0 Å². The van der Waals surface area contributed by atoms with Gasteiger partial charge in [0.15, 0.2) is 17.2 Å². The van der Waals surface area contributed by atoms with Crippen LogP contribution in [0.15, 0.2) is 53.2 Å². The smallest absolute Gasteiger partial charge is 0.249 e.